The molecule has 2 rings (SSSR count). The lowest BCUT2D eigenvalue weighted by Gasteiger charge is -2.13. The van der Waals surface area contributed by atoms with Gasteiger partial charge in [0.1, 0.15) is 0 Å². The maximum absolute atomic E-state index is 12.1. The lowest BCUT2D eigenvalue weighted by atomic mass is 10.1. The molecule has 0 fully saturated rings. The van der Waals surface area contributed by atoms with Crippen molar-refractivity contribution in [2.24, 2.45) is 0 Å². The SMILES string of the molecule is Cc1cccc([C@H](C)NS(=O)(=O)c2ccc(C(=O)O)o2)c1. The van der Waals surface area contributed by atoms with E-state index in [-0.39, 0.29) is 0 Å². The van der Waals surface area contributed by atoms with Crippen LogP contribution in [-0.4, -0.2) is 19.5 Å². The third-order valence-corrected chi connectivity index (χ3v) is 4.34. The lowest BCUT2D eigenvalue weighted by Crippen LogP contribution is -2.26. The van der Waals surface area contributed by atoms with Crippen LogP contribution in [0.1, 0.15) is 34.6 Å². The molecule has 1 heterocycles. The molecule has 21 heavy (non-hydrogen) atoms. The topological polar surface area (TPSA) is 96.6 Å². The number of benzene rings is 1. The van der Waals surface area contributed by atoms with Crippen molar-refractivity contribution in [1.82, 2.24) is 4.72 Å². The van der Waals surface area contributed by atoms with Gasteiger partial charge in [-0.15, -0.1) is 0 Å². The first kappa shape index (κ1) is 15.3. The number of aromatic carboxylic acids is 1. The fourth-order valence-corrected chi connectivity index (χ4v) is 3.04. The molecule has 1 atom stereocenters. The number of hydrogen-bond donors (Lipinski definition) is 2. The molecule has 0 aliphatic heterocycles. The predicted octanol–water partition coefficient (Wildman–Crippen LogP) is 2.33. The Morgan fingerprint density at radius 1 is 1.29 bits per heavy atom. The minimum Gasteiger partial charge on any atom is -0.475 e. The molecule has 0 unspecified atom stereocenters. The van der Waals surface area contributed by atoms with Crippen molar-refractivity contribution in [3.8, 4) is 0 Å². The van der Waals surface area contributed by atoms with Crippen LogP contribution in [0.15, 0.2) is 45.9 Å². The Balaban J connectivity index is 2.22. The van der Waals surface area contributed by atoms with E-state index in [4.69, 9.17) is 9.52 Å². The number of furan rings is 1. The molecule has 0 aliphatic carbocycles. The average Bonchev–Trinajstić information content (AvgIpc) is 2.88. The highest BCUT2D eigenvalue weighted by Crippen LogP contribution is 2.19. The van der Waals surface area contributed by atoms with Gasteiger partial charge in [0.15, 0.2) is 0 Å². The molecule has 1 aromatic heterocycles. The number of carboxylic acids is 1. The van der Waals surface area contributed by atoms with Crippen molar-refractivity contribution in [3.63, 3.8) is 0 Å². The summed E-state index contributed by atoms with van der Waals surface area (Å²) in [5, 5.41) is 8.33. The minimum atomic E-state index is -3.91. The fourth-order valence-electron chi connectivity index (χ4n) is 1.88. The second-order valence-corrected chi connectivity index (χ2v) is 6.33. The molecule has 112 valence electrons. The Morgan fingerprint density at radius 3 is 2.57 bits per heavy atom. The summed E-state index contributed by atoms with van der Waals surface area (Å²) in [5.41, 5.74) is 1.83. The van der Waals surface area contributed by atoms with E-state index in [1.807, 2.05) is 31.2 Å². The molecule has 0 bridgehead atoms. The van der Waals surface area contributed by atoms with Gasteiger partial charge in [0, 0.05) is 6.04 Å². The maximum atomic E-state index is 12.1. The number of carbonyl (C=O) groups is 1. The first-order chi connectivity index (χ1) is 9.79. The van der Waals surface area contributed by atoms with Crippen molar-refractivity contribution in [3.05, 3.63) is 53.3 Å². The highest BCUT2D eigenvalue weighted by atomic mass is 32.2. The van der Waals surface area contributed by atoms with Gasteiger partial charge in [-0.05, 0) is 31.5 Å². The molecule has 6 nitrogen and oxygen atoms in total. The van der Waals surface area contributed by atoms with Crippen LogP contribution in [0.5, 0.6) is 0 Å². The van der Waals surface area contributed by atoms with Crippen LogP contribution in [0.4, 0.5) is 0 Å². The molecule has 0 spiro atoms. The van der Waals surface area contributed by atoms with Gasteiger partial charge in [-0.25, -0.2) is 17.9 Å². The first-order valence-electron chi connectivity index (χ1n) is 6.21. The van der Waals surface area contributed by atoms with Crippen LogP contribution in [0.2, 0.25) is 0 Å². The van der Waals surface area contributed by atoms with E-state index in [1.165, 1.54) is 0 Å². The van der Waals surface area contributed by atoms with Crippen LogP contribution in [-0.2, 0) is 10.0 Å². The van der Waals surface area contributed by atoms with Crippen LogP contribution in [0.25, 0.3) is 0 Å². The maximum Gasteiger partial charge on any atom is 0.371 e. The normalized spacial score (nSPS) is 13.0. The number of rotatable bonds is 5. The molecule has 0 radical (unpaired) electrons. The highest BCUT2D eigenvalue weighted by molar-refractivity contribution is 7.89. The molecule has 7 heteroatoms. The van der Waals surface area contributed by atoms with Crippen LogP contribution in [0, 0.1) is 6.92 Å². The van der Waals surface area contributed by atoms with Crippen molar-refractivity contribution < 1.29 is 22.7 Å². The molecule has 0 amide bonds. The van der Waals surface area contributed by atoms with Crippen LogP contribution in [0.3, 0.4) is 0 Å². The van der Waals surface area contributed by atoms with E-state index < -0.39 is 32.9 Å². The number of hydrogen-bond acceptors (Lipinski definition) is 4. The molecule has 1 aromatic carbocycles. The summed E-state index contributed by atoms with van der Waals surface area (Å²) < 4.78 is 31.6. The summed E-state index contributed by atoms with van der Waals surface area (Å²) in [6.07, 6.45) is 0. The third kappa shape index (κ3) is 3.50. The van der Waals surface area contributed by atoms with Crippen LogP contribution >= 0.6 is 0 Å². The Morgan fingerprint density at radius 2 is 2.00 bits per heavy atom. The number of sulfonamides is 1. The average molecular weight is 309 g/mol. The molecular weight excluding hydrogens is 294 g/mol. The molecule has 0 saturated carbocycles. The minimum absolute atomic E-state index is 0.417. The van der Waals surface area contributed by atoms with E-state index in [0.717, 1.165) is 23.3 Å². The zero-order chi connectivity index (χ0) is 15.6. The number of carboxylic acid groups (broad SMARTS) is 1. The van der Waals surface area contributed by atoms with Crippen molar-refractivity contribution >= 4 is 16.0 Å². The molecule has 0 aliphatic rings. The van der Waals surface area contributed by atoms with Gasteiger partial charge in [0.25, 0.3) is 10.0 Å². The largest absolute Gasteiger partial charge is 0.475 e. The van der Waals surface area contributed by atoms with E-state index in [1.54, 1.807) is 6.92 Å². The van der Waals surface area contributed by atoms with E-state index in [0.29, 0.717) is 0 Å². The second kappa shape index (κ2) is 5.71. The second-order valence-electron chi connectivity index (χ2n) is 4.68. The van der Waals surface area contributed by atoms with Gasteiger partial charge in [-0.3, -0.25) is 0 Å². The Bertz CT molecular complexity index is 763. The van der Waals surface area contributed by atoms with Crippen LogP contribution < -0.4 is 4.72 Å². The first-order valence-corrected chi connectivity index (χ1v) is 7.70. The van der Waals surface area contributed by atoms with Crippen molar-refractivity contribution in [2.45, 2.75) is 25.0 Å². The Labute approximate surface area is 122 Å². The monoisotopic (exact) mass is 309 g/mol. The van der Waals surface area contributed by atoms with Gasteiger partial charge in [0.05, 0.1) is 0 Å². The summed E-state index contributed by atoms with van der Waals surface area (Å²) in [7, 11) is -3.91. The summed E-state index contributed by atoms with van der Waals surface area (Å²) in [5.74, 6) is -1.73. The summed E-state index contributed by atoms with van der Waals surface area (Å²) in [6, 6.07) is 9.20. The number of nitrogens with one attached hydrogen (secondary N) is 1. The summed E-state index contributed by atoms with van der Waals surface area (Å²) in [6.45, 7) is 3.61. The van der Waals surface area contributed by atoms with E-state index >= 15 is 0 Å². The standard InChI is InChI=1S/C14H15NO5S/c1-9-4-3-5-11(8-9)10(2)15-21(18,19)13-7-6-12(20-13)14(16)17/h3-8,10,15H,1-2H3,(H,16,17)/t10-/m0/s1. The third-order valence-electron chi connectivity index (χ3n) is 2.93. The number of aryl methyl sites for hydroxylation is 1. The summed E-state index contributed by atoms with van der Waals surface area (Å²) in [4.78, 5) is 10.7. The predicted molar refractivity (Wildman–Crippen MR) is 75.6 cm³/mol. The van der Waals surface area contributed by atoms with Gasteiger partial charge < -0.3 is 9.52 Å². The van der Waals surface area contributed by atoms with Gasteiger partial charge in [0.2, 0.25) is 10.9 Å². The van der Waals surface area contributed by atoms with E-state index in [2.05, 4.69) is 4.72 Å². The van der Waals surface area contributed by atoms with Gasteiger partial charge >= 0.3 is 5.97 Å². The zero-order valence-corrected chi connectivity index (χ0v) is 12.3. The Kier molecular flexibility index (Phi) is 4.15. The lowest BCUT2D eigenvalue weighted by molar-refractivity contribution is 0.0656. The summed E-state index contributed by atoms with van der Waals surface area (Å²) >= 11 is 0. The quantitative estimate of drug-likeness (QED) is 0.883. The van der Waals surface area contributed by atoms with Crippen molar-refractivity contribution in [2.75, 3.05) is 0 Å². The van der Waals surface area contributed by atoms with Crippen molar-refractivity contribution in [1.29, 1.82) is 0 Å². The Hall–Kier alpha value is -2.12. The molecule has 0 saturated heterocycles. The van der Waals surface area contributed by atoms with E-state index in [9.17, 15) is 13.2 Å². The fraction of sp³-hybridized carbons (Fsp3) is 0.214. The molecule has 2 aromatic rings. The zero-order valence-electron chi connectivity index (χ0n) is 11.5. The highest BCUT2D eigenvalue weighted by Gasteiger charge is 2.23. The molecular formula is C14H15NO5S. The molecule has 2 N–H and O–H groups in total. The van der Waals surface area contributed by atoms with Gasteiger partial charge in [-0.2, -0.15) is 0 Å². The van der Waals surface area contributed by atoms with Gasteiger partial charge in [-0.1, -0.05) is 29.8 Å². The smallest absolute Gasteiger partial charge is 0.371 e.